The van der Waals surface area contributed by atoms with Crippen LogP contribution in [0.3, 0.4) is 0 Å². The largest absolute Gasteiger partial charge is 0.454 e. The molecule has 0 radical (unpaired) electrons. The standard InChI is InChI=1S/C20H17ClN4O5S2/c21-12-3-6-14(7-4-12)32(27,28)25-9-1-2-15(25)19-23-24-20(31-19)18(26)22-13-5-8-16-17(10-13)30-11-29-16/h3-8,10,15H,1-2,9,11H2,(H,22,26)/t15-/m0/s1. The highest BCUT2D eigenvalue weighted by molar-refractivity contribution is 7.89. The van der Waals surface area contributed by atoms with Gasteiger partial charge in [0.1, 0.15) is 5.01 Å². The molecule has 2 aliphatic heterocycles. The molecule has 1 N–H and O–H groups in total. The van der Waals surface area contributed by atoms with Crippen molar-refractivity contribution in [2.45, 2.75) is 23.8 Å². The fraction of sp³-hybridized carbons (Fsp3) is 0.250. The summed E-state index contributed by atoms with van der Waals surface area (Å²) in [6, 6.07) is 10.7. The van der Waals surface area contributed by atoms with Gasteiger partial charge in [0.2, 0.25) is 21.8 Å². The fourth-order valence-corrected chi connectivity index (χ4v) is 6.38. The third kappa shape index (κ3) is 3.92. The van der Waals surface area contributed by atoms with Crippen molar-refractivity contribution in [1.29, 1.82) is 0 Å². The molecule has 1 atom stereocenters. The summed E-state index contributed by atoms with van der Waals surface area (Å²) in [6.07, 6.45) is 1.29. The Balaban J connectivity index is 1.34. The van der Waals surface area contributed by atoms with E-state index in [0.29, 0.717) is 46.6 Å². The number of hydrogen-bond donors (Lipinski definition) is 1. The van der Waals surface area contributed by atoms with Crippen molar-refractivity contribution in [2.75, 3.05) is 18.7 Å². The highest BCUT2D eigenvalue weighted by Crippen LogP contribution is 2.38. The Bertz CT molecular complexity index is 1280. The van der Waals surface area contributed by atoms with E-state index >= 15 is 0 Å². The van der Waals surface area contributed by atoms with Gasteiger partial charge >= 0.3 is 0 Å². The van der Waals surface area contributed by atoms with Gasteiger partial charge in [0.25, 0.3) is 5.91 Å². The zero-order valence-corrected chi connectivity index (χ0v) is 18.9. The first-order chi connectivity index (χ1) is 15.4. The lowest BCUT2D eigenvalue weighted by atomic mass is 10.2. The van der Waals surface area contributed by atoms with E-state index in [9.17, 15) is 13.2 Å². The van der Waals surface area contributed by atoms with Crippen molar-refractivity contribution >= 4 is 44.6 Å². The van der Waals surface area contributed by atoms with Crippen molar-refractivity contribution in [3.05, 3.63) is 57.5 Å². The van der Waals surface area contributed by atoms with E-state index in [2.05, 4.69) is 15.5 Å². The number of fused-ring (bicyclic) bond motifs is 1. The normalized spacial score (nSPS) is 18.1. The molecule has 32 heavy (non-hydrogen) atoms. The Morgan fingerprint density at radius 1 is 1.12 bits per heavy atom. The number of ether oxygens (including phenoxy) is 2. The lowest BCUT2D eigenvalue weighted by Crippen LogP contribution is -2.30. The minimum atomic E-state index is -3.73. The molecule has 1 fully saturated rings. The van der Waals surface area contributed by atoms with Gasteiger partial charge in [0.05, 0.1) is 10.9 Å². The van der Waals surface area contributed by atoms with Gasteiger partial charge in [0.15, 0.2) is 11.5 Å². The first-order valence-corrected chi connectivity index (χ1v) is 12.4. The minimum absolute atomic E-state index is 0.142. The Kier molecular flexibility index (Phi) is 5.49. The van der Waals surface area contributed by atoms with Crippen LogP contribution in [-0.4, -0.2) is 42.2 Å². The van der Waals surface area contributed by atoms with Crippen LogP contribution in [-0.2, 0) is 10.0 Å². The Labute approximate surface area is 193 Å². The van der Waals surface area contributed by atoms with E-state index in [1.54, 1.807) is 30.3 Å². The van der Waals surface area contributed by atoms with Gasteiger partial charge < -0.3 is 14.8 Å². The van der Waals surface area contributed by atoms with Gasteiger partial charge in [-0.2, -0.15) is 4.31 Å². The van der Waals surface area contributed by atoms with E-state index in [1.807, 2.05) is 0 Å². The van der Waals surface area contributed by atoms with E-state index < -0.39 is 22.0 Å². The molecule has 12 heteroatoms. The predicted octanol–water partition coefficient (Wildman–Crippen LogP) is 3.70. The summed E-state index contributed by atoms with van der Waals surface area (Å²) in [7, 11) is -3.73. The summed E-state index contributed by atoms with van der Waals surface area (Å²) in [6.45, 7) is 0.511. The Hall–Kier alpha value is -2.73. The molecule has 0 spiro atoms. The average molecular weight is 493 g/mol. The lowest BCUT2D eigenvalue weighted by molar-refractivity contribution is 0.102. The van der Waals surface area contributed by atoms with Gasteiger partial charge in [-0.3, -0.25) is 4.79 Å². The van der Waals surface area contributed by atoms with Crippen molar-refractivity contribution in [2.24, 2.45) is 0 Å². The second-order valence-electron chi connectivity index (χ2n) is 7.20. The van der Waals surface area contributed by atoms with Crippen molar-refractivity contribution in [3.8, 4) is 11.5 Å². The van der Waals surface area contributed by atoms with Crippen LogP contribution in [0, 0.1) is 0 Å². The number of hydrogen-bond acceptors (Lipinski definition) is 8. The zero-order chi connectivity index (χ0) is 22.3. The van der Waals surface area contributed by atoms with Crippen LogP contribution in [0.25, 0.3) is 0 Å². The van der Waals surface area contributed by atoms with Gasteiger partial charge in [-0.25, -0.2) is 8.42 Å². The maximum absolute atomic E-state index is 13.1. The average Bonchev–Trinajstić information content (AvgIpc) is 3.53. The van der Waals surface area contributed by atoms with Crippen molar-refractivity contribution in [3.63, 3.8) is 0 Å². The second-order valence-corrected chi connectivity index (χ2v) is 10.5. The Morgan fingerprint density at radius 3 is 2.72 bits per heavy atom. The molecule has 166 valence electrons. The molecule has 1 amide bonds. The molecular formula is C20H17ClN4O5S2. The highest BCUT2D eigenvalue weighted by Gasteiger charge is 2.38. The predicted molar refractivity (Wildman–Crippen MR) is 118 cm³/mol. The van der Waals surface area contributed by atoms with Crippen molar-refractivity contribution in [1.82, 2.24) is 14.5 Å². The van der Waals surface area contributed by atoms with Crippen LogP contribution in [0.5, 0.6) is 11.5 Å². The topological polar surface area (TPSA) is 111 Å². The summed E-state index contributed by atoms with van der Waals surface area (Å²) in [5, 5.41) is 12.0. The summed E-state index contributed by atoms with van der Waals surface area (Å²) in [5.74, 6) is 0.733. The number of nitrogens with zero attached hydrogens (tertiary/aromatic N) is 3. The summed E-state index contributed by atoms with van der Waals surface area (Å²) < 4.78 is 38.3. The SMILES string of the molecule is O=C(Nc1ccc2c(c1)OCO2)c1nnc([C@@H]2CCCN2S(=O)(=O)c2ccc(Cl)cc2)s1. The van der Waals surface area contributed by atoms with Crippen LogP contribution in [0.4, 0.5) is 5.69 Å². The van der Waals surface area contributed by atoms with Crippen LogP contribution >= 0.6 is 22.9 Å². The first kappa shape index (κ1) is 21.1. The third-order valence-corrected chi connectivity index (χ3v) is 8.37. The molecule has 3 aromatic rings. The Morgan fingerprint density at radius 2 is 1.91 bits per heavy atom. The number of amides is 1. The molecular weight excluding hydrogens is 476 g/mol. The number of aromatic nitrogens is 2. The van der Waals surface area contributed by atoms with E-state index in [4.69, 9.17) is 21.1 Å². The van der Waals surface area contributed by atoms with Crippen LogP contribution < -0.4 is 14.8 Å². The van der Waals surface area contributed by atoms with Gasteiger partial charge in [-0.1, -0.05) is 22.9 Å². The summed E-state index contributed by atoms with van der Waals surface area (Å²) in [4.78, 5) is 12.8. The molecule has 9 nitrogen and oxygen atoms in total. The number of halogens is 1. The molecule has 2 aliphatic rings. The number of rotatable bonds is 5. The summed E-state index contributed by atoms with van der Waals surface area (Å²) >= 11 is 6.97. The number of anilines is 1. The number of nitrogens with one attached hydrogen (secondary N) is 1. The number of benzene rings is 2. The molecule has 0 saturated carbocycles. The van der Waals surface area contributed by atoms with Crippen molar-refractivity contribution < 1.29 is 22.7 Å². The van der Waals surface area contributed by atoms with Crippen LogP contribution in [0.15, 0.2) is 47.4 Å². The lowest BCUT2D eigenvalue weighted by Gasteiger charge is -2.22. The molecule has 1 saturated heterocycles. The van der Waals surface area contributed by atoms with Gasteiger partial charge in [-0.15, -0.1) is 10.2 Å². The number of carbonyl (C=O) groups is 1. The molecule has 5 rings (SSSR count). The monoisotopic (exact) mass is 492 g/mol. The first-order valence-electron chi connectivity index (χ1n) is 9.73. The number of carbonyl (C=O) groups excluding carboxylic acids is 1. The maximum atomic E-state index is 13.1. The van der Waals surface area contributed by atoms with Crippen LogP contribution in [0.2, 0.25) is 5.02 Å². The molecule has 0 aliphatic carbocycles. The van der Waals surface area contributed by atoms with Gasteiger partial charge in [0, 0.05) is 23.3 Å². The minimum Gasteiger partial charge on any atom is -0.454 e. The van der Waals surface area contributed by atoms with Gasteiger partial charge in [-0.05, 0) is 49.2 Å². The number of sulfonamides is 1. The molecule has 0 unspecified atom stereocenters. The molecule has 1 aromatic heterocycles. The summed E-state index contributed by atoms with van der Waals surface area (Å²) in [5.41, 5.74) is 0.531. The third-order valence-electron chi connectivity index (χ3n) is 5.17. The van der Waals surface area contributed by atoms with E-state index in [1.165, 1.54) is 16.4 Å². The smallest absolute Gasteiger partial charge is 0.286 e. The zero-order valence-electron chi connectivity index (χ0n) is 16.5. The van der Waals surface area contributed by atoms with E-state index in [-0.39, 0.29) is 16.7 Å². The van der Waals surface area contributed by atoms with E-state index in [0.717, 1.165) is 11.3 Å². The molecule has 0 bridgehead atoms. The maximum Gasteiger partial charge on any atom is 0.286 e. The second kappa shape index (κ2) is 8.32. The van der Waals surface area contributed by atoms with Crippen LogP contribution in [0.1, 0.15) is 33.7 Å². The molecule has 3 heterocycles. The fourth-order valence-electron chi connectivity index (χ4n) is 3.64. The molecule has 2 aromatic carbocycles. The highest BCUT2D eigenvalue weighted by atomic mass is 35.5. The quantitative estimate of drug-likeness (QED) is 0.578.